The van der Waals surface area contributed by atoms with Gasteiger partial charge in [0.2, 0.25) is 0 Å². The van der Waals surface area contributed by atoms with Crippen LogP contribution in [-0.2, 0) is 6.42 Å². The number of halogens is 2. The molecule has 0 heterocycles. The van der Waals surface area contributed by atoms with E-state index in [9.17, 15) is 9.18 Å². The number of rotatable bonds is 5. The summed E-state index contributed by atoms with van der Waals surface area (Å²) in [6.07, 6.45) is 0.0919. The Labute approximate surface area is 127 Å². The maximum absolute atomic E-state index is 13.0. The second kappa shape index (κ2) is 6.59. The summed E-state index contributed by atoms with van der Waals surface area (Å²) in [6, 6.07) is 8.91. The molecule has 2 aromatic rings. The van der Waals surface area contributed by atoms with Crippen molar-refractivity contribution in [2.45, 2.75) is 6.42 Å². The average Bonchev–Trinajstić information content (AvgIpc) is 2.49. The van der Waals surface area contributed by atoms with Crippen molar-refractivity contribution in [2.24, 2.45) is 0 Å². The van der Waals surface area contributed by atoms with Crippen molar-refractivity contribution in [1.29, 1.82) is 0 Å². The zero-order chi connectivity index (χ0) is 15.4. The third-order valence-corrected chi connectivity index (χ3v) is 3.42. The van der Waals surface area contributed by atoms with E-state index in [0.29, 0.717) is 22.6 Å². The first-order valence-corrected chi connectivity index (χ1v) is 6.62. The highest BCUT2D eigenvalue weighted by Gasteiger charge is 2.13. The fourth-order valence-corrected chi connectivity index (χ4v) is 2.18. The molecule has 0 aliphatic carbocycles. The van der Waals surface area contributed by atoms with Crippen LogP contribution >= 0.6 is 11.6 Å². The molecule has 0 unspecified atom stereocenters. The first kappa shape index (κ1) is 15.3. The summed E-state index contributed by atoms with van der Waals surface area (Å²) in [5.41, 5.74) is 1.06. The summed E-state index contributed by atoms with van der Waals surface area (Å²) < 4.78 is 23.3. The van der Waals surface area contributed by atoms with Gasteiger partial charge in [0.25, 0.3) is 0 Å². The van der Waals surface area contributed by atoms with Gasteiger partial charge < -0.3 is 9.47 Å². The predicted octanol–water partition coefficient (Wildman–Crippen LogP) is 3.92. The number of hydrogen-bond donors (Lipinski definition) is 0. The average molecular weight is 309 g/mol. The van der Waals surface area contributed by atoms with Crippen LogP contribution in [0.25, 0.3) is 0 Å². The van der Waals surface area contributed by atoms with Gasteiger partial charge in [-0.25, -0.2) is 4.39 Å². The van der Waals surface area contributed by atoms with Gasteiger partial charge >= 0.3 is 0 Å². The molecule has 0 amide bonds. The Morgan fingerprint density at radius 1 is 1.10 bits per heavy atom. The van der Waals surface area contributed by atoms with Crippen molar-refractivity contribution in [3.63, 3.8) is 0 Å². The number of hydrogen-bond acceptors (Lipinski definition) is 3. The topological polar surface area (TPSA) is 35.5 Å². The van der Waals surface area contributed by atoms with Crippen molar-refractivity contribution in [1.82, 2.24) is 0 Å². The molecular formula is C16H14ClFO3. The lowest BCUT2D eigenvalue weighted by Crippen LogP contribution is -2.05. The van der Waals surface area contributed by atoms with Gasteiger partial charge in [-0.1, -0.05) is 17.7 Å². The van der Waals surface area contributed by atoms with Crippen LogP contribution in [0.2, 0.25) is 5.02 Å². The molecular weight excluding hydrogens is 295 g/mol. The molecule has 2 rings (SSSR count). The van der Waals surface area contributed by atoms with Gasteiger partial charge in [-0.05, 0) is 35.9 Å². The minimum atomic E-state index is -0.428. The third-order valence-electron chi connectivity index (χ3n) is 3.07. The molecule has 0 aromatic heterocycles. The molecule has 0 spiro atoms. The number of Topliss-reactive ketones (excluding diaryl/α,β-unsaturated/α-hetero) is 1. The summed E-state index contributed by atoms with van der Waals surface area (Å²) in [6.45, 7) is 0. The van der Waals surface area contributed by atoms with E-state index in [1.165, 1.54) is 32.4 Å². The quantitative estimate of drug-likeness (QED) is 0.785. The predicted molar refractivity (Wildman–Crippen MR) is 79.0 cm³/mol. The molecule has 21 heavy (non-hydrogen) atoms. The maximum Gasteiger partial charge on any atom is 0.167 e. The van der Waals surface area contributed by atoms with Gasteiger partial charge in [0.1, 0.15) is 5.82 Å². The number of methoxy groups -OCH3 is 2. The first-order chi connectivity index (χ1) is 10.0. The summed E-state index contributed by atoms with van der Waals surface area (Å²) in [5, 5.41) is 0.240. The van der Waals surface area contributed by atoms with Crippen LogP contribution in [0.5, 0.6) is 11.5 Å². The van der Waals surface area contributed by atoms with E-state index in [2.05, 4.69) is 0 Å². The van der Waals surface area contributed by atoms with Gasteiger partial charge in [-0.3, -0.25) is 4.79 Å². The molecule has 0 N–H and O–H groups in total. The van der Waals surface area contributed by atoms with Crippen molar-refractivity contribution < 1.29 is 18.7 Å². The largest absolute Gasteiger partial charge is 0.493 e. The second-order valence-corrected chi connectivity index (χ2v) is 4.81. The van der Waals surface area contributed by atoms with Crippen LogP contribution in [0.4, 0.5) is 4.39 Å². The second-order valence-electron chi connectivity index (χ2n) is 4.41. The Morgan fingerprint density at radius 3 is 2.43 bits per heavy atom. The smallest absolute Gasteiger partial charge is 0.167 e. The van der Waals surface area contributed by atoms with Crippen molar-refractivity contribution in [2.75, 3.05) is 14.2 Å². The van der Waals surface area contributed by atoms with Crippen LogP contribution in [0.3, 0.4) is 0 Å². The highest BCUT2D eigenvalue weighted by molar-refractivity contribution is 6.31. The number of carbonyl (C=O) groups excluding carboxylic acids is 1. The van der Waals surface area contributed by atoms with Crippen LogP contribution in [0.1, 0.15) is 15.9 Å². The third kappa shape index (κ3) is 3.52. The Morgan fingerprint density at radius 2 is 1.81 bits per heavy atom. The molecule has 0 saturated carbocycles. The van der Waals surface area contributed by atoms with Crippen molar-refractivity contribution in [3.8, 4) is 11.5 Å². The molecule has 5 heteroatoms. The molecule has 0 aliphatic rings. The first-order valence-electron chi connectivity index (χ1n) is 6.24. The van der Waals surface area contributed by atoms with Crippen LogP contribution < -0.4 is 9.47 Å². The minimum Gasteiger partial charge on any atom is -0.493 e. The highest BCUT2D eigenvalue weighted by Crippen LogP contribution is 2.28. The summed E-state index contributed by atoms with van der Waals surface area (Å²) in [7, 11) is 3.03. The van der Waals surface area contributed by atoms with E-state index in [1.807, 2.05) is 0 Å². The van der Waals surface area contributed by atoms with Gasteiger partial charge in [-0.2, -0.15) is 0 Å². The lowest BCUT2D eigenvalue weighted by atomic mass is 10.0. The molecule has 3 nitrogen and oxygen atoms in total. The highest BCUT2D eigenvalue weighted by atomic mass is 35.5. The molecule has 0 aliphatic heterocycles. The van der Waals surface area contributed by atoms with Gasteiger partial charge in [0, 0.05) is 17.0 Å². The number of benzene rings is 2. The monoisotopic (exact) mass is 308 g/mol. The van der Waals surface area contributed by atoms with Crippen LogP contribution in [-0.4, -0.2) is 20.0 Å². The minimum absolute atomic E-state index is 0.0919. The van der Waals surface area contributed by atoms with Gasteiger partial charge in [0.15, 0.2) is 17.3 Å². The molecule has 0 bridgehead atoms. The van der Waals surface area contributed by atoms with E-state index in [0.717, 1.165) is 0 Å². The van der Waals surface area contributed by atoms with Gasteiger partial charge in [-0.15, -0.1) is 0 Å². The van der Waals surface area contributed by atoms with Gasteiger partial charge in [0.05, 0.1) is 14.2 Å². The molecule has 110 valence electrons. The number of ether oxygens (including phenoxy) is 2. The summed E-state index contributed by atoms with van der Waals surface area (Å²) in [4.78, 5) is 12.3. The maximum atomic E-state index is 13.0. The summed E-state index contributed by atoms with van der Waals surface area (Å²) >= 11 is 5.93. The van der Waals surface area contributed by atoms with E-state index in [1.54, 1.807) is 18.2 Å². The molecule has 0 saturated heterocycles. The number of carbonyl (C=O) groups is 1. The standard InChI is InChI=1S/C16H14ClFO3/c1-20-15-6-4-11(8-16(15)21-2)14(19)7-10-3-5-12(18)9-13(10)17/h3-6,8-9H,7H2,1-2H3. The fraction of sp³-hybridized carbons (Fsp3) is 0.188. The lowest BCUT2D eigenvalue weighted by molar-refractivity contribution is 0.0992. The SMILES string of the molecule is COc1ccc(C(=O)Cc2ccc(F)cc2Cl)cc1OC. The fourth-order valence-electron chi connectivity index (χ4n) is 1.95. The molecule has 0 fully saturated rings. The van der Waals surface area contributed by atoms with Crippen molar-refractivity contribution in [3.05, 3.63) is 58.4 Å². The van der Waals surface area contributed by atoms with Crippen LogP contribution in [0, 0.1) is 5.82 Å². The Balaban J connectivity index is 2.24. The molecule has 0 atom stereocenters. The number of ketones is 1. The van der Waals surface area contributed by atoms with Crippen molar-refractivity contribution >= 4 is 17.4 Å². The normalized spacial score (nSPS) is 10.3. The van der Waals surface area contributed by atoms with Crippen LogP contribution in [0.15, 0.2) is 36.4 Å². The molecule has 2 aromatic carbocycles. The zero-order valence-electron chi connectivity index (χ0n) is 11.7. The molecule has 0 radical (unpaired) electrons. The Bertz CT molecular complexity index is 671. The van der Waals surface area contributed by atoms with E-state index < -0.39 is 5.82 Å². The van der Waals surface area contributed by atoms with E-state index in [4.69, 9.17) is 21.1 Å². The lowest BCUT2D eigenvalue weighted by Gasteiger charge is -2.09. The Hall–Kier alpha value is -2.07. The van der Waals surface area contributed by atoms with E-state index in [-0.39, 0.29) is 17.2 Å². The Kier molecular flexibility index (Phi) is 4.81. The summed E-state index contributed by atoms with van der Waals surface area (Å²) in [5.74, 6) is 0.467. The van der Waals surface area contributed by atoms with E-state index >= 15 is 0 Å². The zero-order valence-corrected chi connectivity index (χ0v) is 12.4.